The van der Waals surface area contributed by atoms with Crippen LogP contribution in [0, 0.1) is 0 Å². The van der Waals surface area contributed by atoms with Crippen LogP contribution in [-0.4, -0.2) is 87.7 Å². The molecule has 6 N–H and O–H groups in total. The van der Waals surface area contributed by atoms with Crippen LogP contribution in [0.15, 0.2) is 35.3 Å². The van der Waals surface area contributed by atoms with Gasteiger partial charge in [0.15, 0.2) is 11.2 Å². The molecule has 0 spiro atoms. The van der Waals surface area contributed by atoms with Crippen LogP contribution >= 0.6 is 0 Å². The summed E-state index contributed by atoms with van der Waals surface area (Å²) in [4.78, 5) is 62.7. The monoisotopic (exact) mass is 527 g/mol. The summed E-state index contributed by atoms with van der Waals surface area (Å²) in [6.45, 7) is 1.09. The molecule has 38 heavy (non-hydrogen) atoms. The Labute approximate surface area is 217 Å². The topological polar surface area (TPSA) is 202 Å². The number of fused-ring (bicyclic) bond motifs is 1. The molecule has 0 unspecified atom stereocenters. The zero-order valence-corrected chi connectivity index (χ0v) is 21.4. The van der Waals surface area contributed by atoms with Crippen LogP contribution < -0.4 is 21.9 Å². The minimum absolute atomic E-state index is 0.0463. The van der Waals surface area contributed by atoms with E-state index in [0.717, 1.165) is 0 Å². The number of nitrogens with one attached hydrogen (secondary N) is 3. The summed E-state index contributed by atoms with van der Waals surface area (Å²) in [5, 5.41) is 15.0. The number of carbonyl (C=O) groups is 3. The summed E-state index contributed by atoms with van der Waals surface area (Å²) in [5.41, 5.74) is 6.60. The number of rotatable bonds is 12. The lowest BCUT2D eigenvalue weighted by atomic mass is 10.1. The van der Waals surface area contributed by atoms with Gasteiger partial charge in [-0.25, -0.2) is 14.8 Å². The smallest absolute Gasteiger partial charge is 0.326 e. The van der Waals surface area contributed by atoms with E-state index in [1.54, 1.807) is 12.1 Å². The Bertz CT molecular complexity index is 1370. The Morgan fingerprint density at radius 1 is 1.16 bits per heavy atom. The molecule has 1 atom stereocenters. The van der Waals surface area contributed by atoms with Crippen molar-refractivity contribution < 1.29 is 28.7 Å². The third-order valence-corrected chi connectivity index (χ3v) is 5.37. The van der Waals surface area contributed by atoms with E-state index in [4.69, 9.17) is 10.5 Å². The van der Waals surface area contributed by atoms with Gasteiger partial charge >= 0.3 is 11.9 Å². The number of aliphatic carboxylic acids is 1. The van der Waals surface area contributed by atoms with Crippen molar-refractivity contribution in [1.29, 1.82) is 0 Å². The molecule has 1 amide bonds. The highest BCUT2D eigenvalue weighted by atomic mass is 16.5. The van der Waals surface area contributed by atoms with Crippen molar-refractivity contribution in [3.05, 3.63) is 52.1 Å². The zero-order chi connectivity index (χ0) is 27.9. The van der Waals surface area contributed by atoms with Gasteiger partial charge in [-0.3, -0.25) is 19.4 Å². The van der Waals surface area contributed by atoms with Crippen molar-refractivity contribution in [3.63, 3.8) is 0 Å². The fourth-order valence-corrected chi connectivity index (χ4v) is 3.25. The molecule has 0 aliphatic heterocycles. The van der Waals surface area contributed by atoms with E-state index in [2.05, 4.69) is 30.6 Å². The molecular formula is C24H31N8O6+. The Hall–Kier alpha value is -4.59. The predicted molar refractivity (Wildman–Crippen MR) is 138 cm³/mol. The normalized spacial score (nSPS) is 12.1. The number of H-pyrrole nitrogens is 1. The lowest BCUT2D eigenvalue weighted by Crippen LogP contribution is -2.41. The molecule has 0 bridgehead atoms. The van der Waals surface area contributed by atoms with Gasteiger partial charge in [0.1, 0.15) is 19.2 Å². The summed E-state index contributed by atoms with van der Waals surface area (Å²) < 4.78 is 5.76. The first kappa shape index (κ1) is 28.0. The van der Waals surface area contributed by atoms with Crippen LogP contribution in [0.1, 0.15) is 28.9 Å². The minimum Gasteiger partial charge on any atom is -0.480 e. The molecule has 14 heteroatoms. The molecule has 0 aliphatic rings. The number of likely N-dealkylation sites (N-methyl/N-ethyl adjacent to an activating group) is 1. The van der Waals surface area contributed by atoms with E-state index in [9.17, 15) is 24.3 Å². The zero-order valence-electron chi connectivity index (χ0n) is 21.4. The number of nitrogens with two attached hydrogens (primary N) is 1. The van der Waals surface area contributed by atoms with E-state index in [-0.39, 0.29) is 48.7 Å². The summed E-state index contributed by atoms with van der Waals surface area (Å²) in [6, 6.07) is 5.09. The van der Waals surface area contributed by atoms with Crippen LogP contribution in [0.3, 0.4) is 0 Å². The van der Waals surface area contributed by atoms with Crippen LogP contribution in [-0.2, 0) is 20.9 Å². The number of ether oxygens (including phenoxy) is 1. The number of hydrogen-bond acceptors (Lipinski definition) is 10. The molecule has 2 aromatic heterocycles. The summed E-state index contributed by atoms with van der Waals surface area (Å²) in [6.07, 6.45) is 1.24. The highest BCUT2D eigenvalue weighted by Gasteiger charge is 2.22. The molecule has 0 saturated carbocycles. The van der Waals surface area contributed by atoms with Gasteiger partial charge < -0.3 is 30.7 Å². The van der Waals surface area contributed by atoms with Gasteiger partial charge in [0, 0.05) is 17.7 Å². The maximum atomic E-state index is 12.6. The predicted octanol–water partition coefficient (Wildman–Crippen LogP) is 0.120. The average molecular weight is 528 g/mol. The Morgan fingerprint density at radius 2 is 1.87 bits per heavy atom. The van der Waals surface area contributed by atoms with Gasteiger partial charge in [0.25, 0.3) is 11.5 Å². The summed E-state index contributed by atoms with van der Waals surface area (Å²) in [7, 11) is 5.89. The van der Waals surface area contributed by atoms with E-state index in [0.29, 0.717) is 22.4 Å². The minimum atomic E-state index is -1.25. The summed E-state index contributed by atoms with van der Waals surface area (Å²) in [5.74, 6) is -2.40. The Kier molecular flexibility index (Phi) is 8.91. The first-order chi connectivity index (χ1) is 17.9. The number of carboxylic acids is 1. The number of aromatic nitrogens is 4. The van der Waals surface area contributed by atoms with Crippen molar-refractivity contribution >= 4 is 40.6 Å². The first-order valence-corrected chi connectivity index (χ1v) is 11.8. The van der Waals surface area contributed by atoms with Gasteiger partial charge in [0.2, 0.25) is 5.95 Å². The largest absolute Gasteiger partial charge is 0.480 e. The summed E-state index contributed by atoms with van der Waals surface area (Å²) >= 11 is 0. The van der Waals surface area contributed by atoms with Gasteiger partial charge in [-0.05, 0) is 30.7 Å². The molecule has 0 fully saturated rings. The van der Waals surface area contributed by atoms with Gasteiger partial charge in [-0.2, -0.15) is 4.98 Å². The molecule has 2 heterocycles. The fraction of sp³-hybridized carbons (Fsp3) is 0.375. The molecule has 202 valence electrons. The van der Waals surface area contributed by atoms with Crippen molar-refractivity contribution in [2.45, 2.75) is 25.4 Å². The third kappa shape index (κ3) is 8.23. The number of esters is 1. The quantitative estimate of drug-likeness (QED) is 0.158. The number of benzene rings is 1. The highest BCUT2D eigenvalue weighted by Crippen LogP contribution is 2.12. The number of aromatic amines is 1. The van der Waals surface area contributed by atoms with Crippen molar-refractivity contribution in [3.8, 4) is 0 Å². The van der Waals surface area contributed by atoms with Crippen LogP contribution in [0.4, 0.5) is 11.6 Å². The van der Waals surface area contributed by atoms with Crippen LogP contribution in [0.2, 0.25) is 0 Å². The maximum Gasteiger partial charge on any atom is 0.326 e. The maximum absolute atomic E-state index is 12.6. The second-order valence-corrected chi connectivity index (χ2v) is 9.55. The first-order valence-electron chi connectivity index (χ1n) is 11.8. The van der Waals surface area contributed by atoms with Crippen LogP contribution in [0.25, 0.3) is 11.2 Å². The number of nitrogens with zero attached hydrogens (tertiary/aromatic N) is 4. The molecule has 1 aromatic carbocycles. The van der Waals surface area contributed by atoms with Crippen molar-refractivity contribution in [2.24, 2.45) is 0 Å². The SMILES string of the molecule is C[N+](C)(C)CCOC(=O)CC[C@H](NC(=O)c1ccc(NCc2cnc3nc(N)[nH]c(=O)c3n2)cc1)C(=O)O. The highest BCUT2D eigenvalue weighted by molar-refractivity contribution is 5.97. The molecule has 0 saturated heterocycles. The Balaban J connectivity index is 1.52. The second-order valence-electron chi connectivity index (χ2n) is 9.55. The van der Waals surface area contributed by atoms with Crippen molar-refractivity contribution in [1.82, 2.24) is 25.3 Å². The number of hydrogen-bond donors (Lipinski definition) is 5. The lowest BCUT2D eigenvalue weighted by Gasteiger charge is -2.23. The number of carbonyl (C=O) groups excluding carboxylic acids is 2. The molecule has 14 nitrogen and oxygen atoms in total. The second kappa shape index (κ2) is 12.1. The molecule has 0 aliphatic carbocycles. The van der Waals surface area contributed by atoms with Gasteiger partial charge in [-0.15, -0.1) is 0 Å². The number of nitrogen functional groups attached to an aromatic ring is 1. The Morgan fingerprint density at radius 3 is 2.53 bits per heavy atom. The van der Waals surface area contributed by atoms with E-state index < -0.39 is 29.4 Å². The van der Waals surface area contributed by atoms with Gasteiger partial charge in [-0.1, -0.05) is 0 Å². The number of carboxylic acid groups (broad SMARTS) is 1. The van der Waals surface area contributed by atoms with Gasteiger partial charge in [0.05, 0.1) is 39.6 Å². The molecule has 3 aromatic rings. The number of quaternary nitrogens is 1. The fourth-order valence-electron chi connectivity index (χ4n) is 3.25. The molecular weight excluding hydrogens is 496 g/mol. The standard InChI is InChI=1S/C24H30N8O6/c1-32(2,3)10-11-38-18(33)9-8-17(23(36)37)29-21(34)14-4-6-15(7-5-14)26-12-16-13-27-20-19(28-16)22(35)31-24(25)30-20/h4-7,13,17H,8-12H2,1-3H3,(H5-,25,26,27,29,30,31,34,35,36,37)/p+1/t17-/m0/s1. The third-order valence-electron chi connectivity index (χ3n) is 5.37. The van der Waals surface area contributed by atoms with Crippen molar-refractivity contribution in [2.75, 3.05) is 45.3 Å². The van der Waals surface area contributed by atoms with E-state index in [1.807, 2.05) is 21.1 Å². The van der Waals surface area contributed by atoms with Crippen LogP contribution in [0.5, 0.6) is 0 Å². The average Bonchev–Trinajstić information content (AvgIpc) is 2.84. The van der Waals surface area contributed by atoms with E-state index in [1.165, 1.54) is 18.3 Å². The molecule has 0 radical (unpaired) electrons. The lowest BCUT2D eigenvalue weighted by molar-refractivity contribution is -0.870. The van der Waals surface area contributed by atoms with E-state index >= 15 is 0 Å². The molecule has 3 rings (SSSR count). The number of anilines is 2. The number of amides is 1.